The molecule has 5 rings (SSSR count). The van der Waals surface area contributed by atoms with E-state index in [2.05, 4.69) is 11.8 Å². The Labute approximate surface area is 204 Å². The second-order valence-electron chi connectivity index (χ2n) is 9.27. The van der Waals surface area contributed by atoms with E-state index in [1.54, 1.807) is 24.3 Å². The molecule has 2 aliphatic heterocycles. The SMILES string of the molecule is CCC1CN(CCOc2ccc([C@@H]3Oc4ccc(O)cc4C(C)=C3c3cccc(F)c3F)cc2)C1. The molecule has 35 heavy (non-hydrogen) atoms. The first-order valence-electron chi connectivity index (χ1n) is 12.0. The topological polar surface area (TPSA) is 41.9 Å². The fourth-order valence-electron chi connectivity index (χ4n) is 4.88. The van der Waals surface area contributed by atoms with E-state index in [0.29, 0.717) is 23.5 Å². The van der Waals surface area contributed by atoms with Crippen molar-refractivity contribution in [3.05, 3.63) is 89.0 Å². The molecule has 6 heteroatoms. The van der Waals surface area contributed by atoms with E-state index >= 15 is 0 Å². The smallest absolute Gasteiger partial charge is 0.166 e. The second-order valence-corrected chi connectivity index (χ2v) is 9.27. The molecule has 0 unspecified atom stereocenters. The molecule has 3 aromatic rings. The molecule has 1 saturated heterocycles. The molecular weight excluding hydrogens is 448 g/mol. The van der Waals surface area contributed by atoms with Gasteiger partial charge in [-0.2, -0.15) is 0 Å². The Bertz CT molecular complexity index is 1250. The normalized spacial score (nSPS) is 18.1. The minimum absolute atomic E-state index is 0.0779. The number of fused-ring (bicyclic) bond motifs is 1. The number of benzene rings is 3. The number of likely N-dealkylation sites (tertiary alicyclic amines) is 1. The number of rotatable bonds is 7. The van der Waals surface area contributed by atoms with E-state index < -0.39 is 17.7 Å². The molecule has 0 aromatic heterocycles. The average Bonchev–Trinajstić information content (AvgIpc) is 2.83. The number of aromatic hydroxyl groups is 1. The van der Waals surface area contributed by atoms with Crippen LogP contribution in [0.1, 0.15) is 43.1 Å². The predicted octanol–water partition coefficient (Wildman–Crippen LogP) is 6.46. The van der Waals surface area contributed by atoms with Crippen molar-refractivity contribution in [3.8, 4) is 17.2 Å². The number of phenols is 1. The molecule has 4 nitrogen and oxygen atoms in total. The highest BCUT2D eigenvalue weighted by Gasteiger charge is 2.31. The molecule has 0 radical (unpaired) electrons. The third-order valence-corrected chi connectivity index (χ3v) is 6.99. The maximum absolute atomic E-state index is 14.9. The first-order chi connectivity index (χ1) is 16.9. The van der Waals surface area contributed by atoms with Gasteiger partial charge in [0.05, 0.1) is 0 Å². The number of ether oxygens (including phenoxy) is 2. The molecule has 0 aliphatic carbocycles. The first-order valence-corrected chi connectivity index (χ1v) is 12.0. The van der Waals surface area contributed by atoms with Crippen LogP contribution in [0.4, 0.5) is 8.78 Å². The molecule has 1 N–H and O–H groups in total. The van der Waals surface area contributed by atoms with Crippen molar-refractivity contribution in [2.24, 2.45) is 5.92 Å². The van der Waals surface area contributed by atoms with E-state index in [1.165, 1.54) is 12.5 Å². The number of allylic oxidation sites excluding steroid dienone is 1. The molecule has 3 aromatic carbocycles. The fraction of sp³-hybridized carbons (Fsp3) is 0.310. The Morgan fingerprint density at radius 3 is 2.54 bits per heavy atom. The molecule has 2 heterocycles. The van der Waals surface area contributed by atoms with Gasteiger partial charge in [0.1, 0.15) is 30.0 Å². The highest BCUT2D eigenvalue weighted by Crippen LogP contribution is 2.48. The van der Waals surface area contributed by atoms with Gasteiger partial charge in [-0.3, -0.25) is 4.90 Å². The zero-order chi connectivity index (χ0) is 24.5. The summed E-state index contributed by atoms with van der Waals surface area (Å²) in [5.41, 5.74) is 2.83. The Morgan fingerprint density at radius 2 is 1.80 bits per heavy atom. The first kappa shape index (κ1) is 23.4. The molecule has 0 bridgehead atoms. The Balaban J connectivity index is 1.41. The van der Waals surface area contributed by atoms with Gasteiger partial charge in [0.25, 0.3) is 0 Å². The van der Waals surface area contributed by atoms with Crippen LogP contribution < -0.4 is 9.47 Å². The van der Waals surface area contributed by atoms with Crippen molar-refractivity contribution < 1.29 is 23.4 Å². The minimum Gasteiger partial charge on any atom is -0.508 e. The van der Waals surface area contributed by atoms with Gasteiger partial charge in [0.2, 0.25) is 0 Å². The highest BCUT2D eigenvalue weighted by atomic mass is 19.2. The summed E-state index contributed by atoms with van der Waals surface area (Å²) in [6.45, 7) is 7.86. The van der Waals surface area contributed by atoms with Crippen molar-refractivity contribution in [1.82, 2.24) is 4.90 Å². The summed E-state index contributed by atoms with van der Waals surface area (Å²) in [4.78, 5) is 2.39. The summed E-state index contributed by atoms with van der Waals surface area (Å²) in [6, 6.07) is 16.5. The van der Waals surface area contributed by atoms with E-state index in [1.807, 2.05) is 31.2 Å². The lowest BCUT2D eigenvalue weighted by atomic mass is 9.86. The summed E-state index contributed by atoms with van der Waals surface area (Å²) < 4.78 is 41.3. The summed E-state index contributed by atoms with van der Waals surface area (Å²) in [5, 5.41) is 10.00. The maximum atomic E-state index is 14.9. The van der Waals surface area contributed by atoms with Crippen molar-refractivity contribution in [2.45, 2.75) is 26.4 Å². The number of hydrogen-bond donors (Lipinski definition) is 1. The van der Waals surface area contributed by atoms with Gasteiger partial charge in [-0.15, -0.1) is 0 Å². The Morgan fingerprint density at radius 1 is 1.03 bits per heavy atom. The molecule has 0 saturated carbocycles. The monoisotopic (exact) mass is 477 g/mol. The van der Waals surface area contributed by atoms with Crippen LogP contribution in [-0.4, -0.2) is 36.2 Å². The van der Waals surface area contributed by atoms with Crippen LogP contribution in [-0.2, 0) is 0 Å². The highest BCUT2D eigenvalue weighted by molar-refractivity contribution is 5.95. The molecule has 1 fully saturated rings. The van der Waals surface area contributed by atoms with Crippen LogP contribution in [0.3, 0.4) is 0 Å². The van der Waals surface area contributed by atoms with E-state index in [4.69, 9.17) is 9.47 Å². The van der Waals surface area contributed by atoms with Gasteiger partial charge in [-0.25, -0.2) is 8.78 Å². The molecule has 2 aliphatic rings. The lowest BCUT2D eigenvalue weighted by Gasteiger charge is -2.38. The van der Waals surface area contributed by atoms with Gasteiger partial charge in [-0.05, 0) is 60.4 Å². The maximum Gasteiger partial charge on any atom is 0.166 e. The van der Waals surface area contributed by atoms with Crippen LogP contribution in [0.2, 0.25) is 0 Å². The van der Waals surface area contributed by atoms with Crippen molar-refractivity contribution in [3.63, 3.8) is 0 Å². The van der Waals surface area contributed by atoms with Crippen LogP contribution in [0.15, 0.2) is 60.7 Å². The fourth-order valence-corrected chi connectivity index (χ4v) is 4.88. The molecular formula is C29H29F2NO3. The number of hydrogen-bond acceptors (Lipinski definition) is 4. The van der Waals surface area contributed by atoms with Gasteiger partial charge in [0.15, 0.2) is 11.6 Å². The number of nitrogens with zero attached hydrogens (tertiary/aromatic N) is 1. The molecule has 0 spiro atoms. The average molecular weight is 478 g/mol. The Hall–Kier alpha value is -3.38. The Kier molecular flexibility index (Phi) is 6.48. The largest absolute Gasteiger partial charge is 0.508 e. The van der Waals surface area contributed by atoms with E-state index in [9.17, 15) is 13.9 Å². The number of halogens is 2. The molecule has 1 atom stereocenters. The zero-order valence-corrected chi connectivity index (χ0v) is 19.9. The van der Waals surface area contributed by atoms with Crippen LogP contribution in [0.5, 0.6) is 17.2 Å². The van der Waals surface area contributed by atoms with Crippen molar-refractivity contribution in [2.75, 3.05) is 26.2 Å². The third-order valence-electron chi connectivity index (χ3n) is 6.99. The van der Waals surface area contributed by atoms with E-state index in [0.717, 1.165) is 48.5 Å². The zero-order valence-electron chi connectivity index (χ0n) is 19.9. The lowest BCUT2D eigenvalue weighted by Crippen LogP contribution is -2.47. The quantitative estimate of drug-likeness (QED) is 0.424. The summed E-state index contributed by atoms with van der Waals surface area (Å²) in [7, 11) is 0. The van der Waals surface area contributed by atoms with Crippen molar-refractivity contribution >= 4 is 11.1 Å². The van der Waals surface area contributed by atoms with Crippen molar-refractivity contribution in [1.29, 1.82) is 0 Å². The van der Waals surface area contributed by atoms with Gasteiger partial charge in [0, 0.05) is 36.3 Å². The summed E-state index contributed by atoms with van der Waals surface area (Å²) in [6.07, 6.45) is 0.577. The van der Waals surface area contributed by atoms with Crippen LogP contribution in [0.25, 0.3) is 11.1 Å². The summed E-state index contributed by atoms with van der Waals surface area (Å²) in [5.74, 6) is 0.379. The second kappa shape index (κ2) is 9.70. The lowest BCUT2D eigenvalue weighted by molar-refractivity contribution is 0.0806. The number of phenolic OH excluding ortho intramolecular Hbond substituents is 1. The van der Waals surface area contributed by atoms with Crippen LogP contribution >= 0.6 is 0 Å². The third kappa shape index (κ3) is 4.63. The van der Waals surface area contributed by atoms with E-state index in [-0.39, 0.29) is 11.3 Å². The van der Waals surface area contributed by atoms with Gasteiger partial charge in [-0.1, -0.05) is 37.6 Å². The summed E-state index contributed by atoms with van der Waals surface area (Å²) >= 11 is 0. The van der Waals surface area contributed by atoms with Crippen LogP contribution in [0, 0.1) is 17.6 Å². The predicted molar refractivity (Wildman–Crippen MR) is 132 cm³/mol. The molecule has 182 valence electrons. The molecule has 0 amide bonds. The standard InChI is InChI=1S/C29H29F2NO3/c1-3-19-16-32(17-19)13-14-34-22-10-7-20(8-11-22)29-27(23-5-4-6-25(30)28(23)31)18(2)24-15-21(33)9-12-26(24)35-29/h4-12,15,19,29,33H,3,13-14,16-17H2,1-2H3/t29-/m0/s1. The van der Waals surface area contributed by atoms with Gasteiger partial charge < -0.3 is 14.6 Å². The van der Waals surface area contributed by atoms with Gasteiger partial charge >= 0.3 is 0 Å². The minimum atomic E-state index is -0.921.